The summed E-state index contributed by atoms with van der Waals surface area (Å²) in [5.74, 6) is -1.14. The molecule has 1 fully saturated rings. The van der Waals surface area contributed by atoms with E-state index in [1.165, 1.54) is 0 Å². The molecule has 0 aliphatic heterocycles. The van der Waals surface area contributed by atoms with Gasteiger partial charge in [-0.3, -0.25) is 4.90 Å². The zero-order valence-electron chi connectivity index (χ0n) is 13.7. The highest BCUT2D eigenvalue weighted by Gasteiger charge is 2.47. The van der Waals surface area contributed by atoms with Crippen LogP contribution in [0.15, 0.2) is 0 Å². The molecule has 0 aromatic heterocycles. The van der Waals surface area contributed by atoms with Crippen LogP contribution < -0.4 is 5.73 Å². The summed E-state index contributed by atoms with van der Waals surface area (Å²) in [4.78, 5) is 2.37. The van der Waals surface area contributed by atoms with Gasteiger partial charge in [0.2, 0.25) is 0 Å². The SMILES string of the molecule is CCCCCN(C(C)C)C1(CN)CCC(C(F)(F)F)CC1. The molecule has 21 heavy (non-hydrogen) atoms. The summed E-state index contributed by atoms with van der Waals surface area (Å²) in [7, 11) is 0. The van der Waals surface area contributed by atoms with Crippen molar-refractivity contribution in [3.63, 3.8) is 0 Å². The first-order valence-electron chi connectivity index (χ1n) is 8.30. The fraction of sp³-hybridized carbons (Fsp3) is 1.00. The Kier molecular flexibility index (Phi) is 6.98. The van der Waals surface area contributed by atoms with Crippen LogP contribution in [0.5, 0.6) is 0 Å². The first-order chi connectivity index (χ1) is 9.77. The molecule has 0 spiro atoms. The summed E-state index contributed by atoms with van der Waals surface area (Å²) in [6, 6.07) is 0.327. The van der Waals surface area contributed by atoms with E-state index in [0.717, 1.165) is 25.8 Å². The number of halogens is 3. The van der Waals surface area contributed by atoms with E-state index in [0.29, 0.717) is 25.4 Å². The van der Waals surface area contributed by atoms with Gasteiger partial charge in [0.15, 0.2) is 0 Å². The van der Waals surface area contributed by atoms with Crippen molar-refractivity contribution in [2.45, 2.75) is 83.5 Å². The van der Waals surface area contributed by atoms with Gasteiger partial charge in [0.25, 0.3) is 0 Å². The average Bonchev–Trinajstić information content (AvgIpc) is 2.42. The second-order valence-electron chi connectivity index (χ2n) is 6.74. The van der Waals surface area contributed by atoms with Crippen LogP contribution in [0.4, 0.5) is 13.2 Å². The molecule has 0 aromatic carbocycles. The van der Waals surface area contributed by atoms with E-state index in [1.54, 1.807) is 0 Å². The highest BCUT2D eigenvalue weighted by Crippen LogP contribution is 2.43. The van der Waals surface area contributed by atoms with E-state index in [2.05, 4.69) is 25.7 Å². The Morgan fingerprint density at radius 2 is 1.76 bits per heavy atom. The van der Waals surface area contributed by atoms with Crippen molar-refractivity contribution in [3.8, 4) is 0 Å². The maximum absolute atomic E-state index is 12.9. The monoisotopic (exact) mass is 308 g/mol. The van der Waals surface area contributed by atoms with Gasteiger partial charge in [-0.05, 0) is 52.5 Å². The number of nitrogens with two attached hydrogens (primary N) is 1. The van der Waals surface area contributed by atoms with Gasteiger partial charge in [-0.25, -0.2) is 0 Å². The number of hydrogen-bond donors (Lipinski definition) is 1. The lowest BCUT2D eigenvalue weighted by molar-refractivity contribution is -0.189. The van der Waals surface area contributed by atoms with Crippen LogP contribution in [0.25, 0.3) is 0 Å². The number of nitrogens with zero attached hydrogens (tertiary/aromatic N) is 1. The fourth-order valence-corrected chi connectivity index (χ4v) is 3.67. The lowest BCUT2D eigenvalue weighted by atomic mass is 9.74. The van der Waals surface area contributed by atoms with E-state index < -0.39 is 12.1 Å². The van der Waals surface area contributed by atoms with Crippen LogP contribution in [-0.2, 0) is 0 Å². The minimum Gasteiger partial charge on any atom is -0.329 e. The first kappa shape index (κ1) is 18.8. The molecule has 0 atom stereocenters. The quantitative estimate of drug-likeness (QED) is 0.709. The van der Waals surface area contributed by atoms with Crippen molar-refractivity contribution in [2.75, 3.05) is 13.1 Å². The fourth-order valence-electron chi connectivity index (χ4n) is 3.67. The molecule has 0 aromatic rings. The molecule has 2 nitrogen and oxygen atoms in total. The van der Waals surface area contributed by atoms with Crippen molar-refractivity contribution in [2.24, 2.45) is 11.7 Å². The van der Waals surface area contributed by atoms with E-state index in [9.17, 15) is 13.2 Å². The lowest BCUT2D eigenvalue weighted by Gasteiger charge is -2.50. The third-order valence-electron chi connectivity index (χ3n) is 4.99. The summed E-state index contributed by atoms with van der Waals surface area (Å²) >= 11 is 0. The van der Waals surface area contributed by atoms with Crippen LogP contribution in [0.2, 0.25) is 0 Å². The summed E-state index contributed by atoms with van der Waals surface area (Å²) in [5.41, 5.74) is 5.78. The third-order valence-corrected chi connectivity index (χ3v) is 4.99. The molecule has 2 N–H and O–H groups in total. The Bertz CT molecular complexity index is 294. The number of unbranched alkanes of at least 4 members (excludes halogenated alkanes) is 2. The number of alkyl halides is 3. The standard InChI is InChI=1S/C16H31F3N2/c1-4-5-6-11-21(13(2)3)15(12-20)9-7-14(8-10-15)16(17,18)19/h13-14H,4-12,20H2,1-3H3. The first-order valence-corrected chi connectivity index (χ1v) is 8.30. The highest BCUT2D eigenvalue weighted by atomic mass is 19.4. The molecule has 0 unspecified atom stereocenters. The average molecular weight is 308 g/mol. The lowest BCUT2D eigenvalue weighted by Crippen LogP contribution is -2.59. The maximum atomic E-state index is 12.9. The number of rotatable bonds is 7. The largest absolute Gasteiger partial charge is 0.391 e. The molecule has 126 valence electrons. The third kappa shape index (κ3) is 4.85. The highest BCUT2D eigenvalue weighted by molar-refractivity contribution is 4.98. The Hall–Kier alpha value is -0.290. The van der Waals surface area contributed by atoms with Gasteiger partial charge in [-0.1, -0.05) is 19.8 Å². The molecular weight excluding hydrogens is 277 g/mol. The van der Waals surface area contributed by atoms with Gasteiger partial charge in [0, 0.05) is 18.1 Å². The second kappa shape index (κ2) is 7.82. The summed E-state index contributed by atoms with van der Waals surface area (Å²) in [6.07, 6.45) is 0.933. The van der Waals surface area contributed by atoms with Gasteiger partial charge in [0.05, 0.1) is 5.92 Å². The summed E-state index contributed by atoms with van der Waals surface area (Å²) < 4.78 is 38.6. The van der Waals surface area contributed by atoms with Gasteiger partial charge in [-0.15, -0.1) is 0 Å². The summed E-state index contributed by atoms with van der Waals surface area (Å²) in [5, 5.41) is 0. The molecular formula is C16H31F3N2. The van der Waals surface area contributed by atoms with Gasteiger partial charge >= 0.3 is 6.18 Å². The van der Waals surface area contributed by atoms with E-state index in [1.807, 2.05) is 0 Å². The second-order valence-corrected chi connectivity index (χ2v) is 6.74. The molecule has 0 saturated heterocycles. The normalized spacial score (nSPS) is 27.6. The molecule has 0 heterocycles. The predicted molar refractivity (Wildman–Crippen MR) is 81.2 cm³/mol. The molecule has 1 aliphatic carbocycles. The van der Waals surface area contributed by atoms with Crippen LogP contribution in [-0.4, -0.2) is 35.7 Å². The predicted octanol–water partition coefficient (Wildman–Crippen LogP) is 4.34. The number of hydrogen-bond acceptors (Lipinski definition) is 2. The Morgan fingerprint density at radius 3 is 2.14 bits per heavy atom. The zero-order valence-corrected chi connectivity index (χ0v) is 13.7. The van der Waals surface area contributed by atoms with Gasteiger partial charge in [0.1, 0.15) is 0 Å². The molecule has 1 rings (SSSR count). The molecule has 5 heteroatoms. The van der Waals surface area contributed by atoms with E-state index in [4.69, 9.17) is 5.73 Å². The Morgan fingerprint density at radius 1 is 1.19 bits per heavy atom. The topological polar surface area (TPSA) is 29.3 Å². The smallest absolute Gasteiger partial charge is 0.329 e. The van der Waals surface area contributed by atoms with Crippen molar-refractivity contribution in [3.05, 3.63) is 0 Å². The Labute approximate surface area is 127 Å². The van der Waals surface area contributed by atoms with E-state index >= 15 is 0 Å². The molecule has 0 bridgehead atoms. The van der Waals surface area contributed by atoms with Gasteiger partial charge < -0.3 is 5.73 Å². The zero-order chi connectivity index (χ0) is 16.1. The van der Waals surface area contributed by atoms with Crippen LogP contribution in [0.3, 0.4) is 0 Å². The Balaban J connectivity index is 2.74. The summed E-state index contributed by atoms with van der Waals surface area (Å²) in [6.45, 7) is 7.81. The van der Waals surface area contributed by atoms with E-state index in [-0.39, 0.29) is 18.4 Å². The molecule has 0 amide bonds. The van der Waals surface area contributed by atoms with Crippen LogP contribution in [0, 0.1) is 5.92 Å². The maximum Gasteiger partial charge on any atom is 0.391 e. The molecule has 1 aliphatic rings. The molecule has 0 radical (unpaired) electrons. The molecule has 1 saturated carbocycles. The van der Waals surface area contributed by atoms with Crippen LogP contribution >= 0.6 is 0 Å². The van der Waals surface area contributed by atoms with Crippen LogP contribution in [0.1, 0.15) is 65.7 Å². The minimum absolute atomic E-state index is 0.220. The van der Waals surface area contributed by atoms with Gasteiger partial charge in [-0.2, -0.15) is 13.2 Å². The van der Waals surface area contributed by atoms with Crippen molar-refractivity contribution >= 4 is 0 Å². The minimum atomic E-state index is -4.05. The van der Waals surface area contributed by atoms with Crippen molar-refractivity contribution in [1.29, 1.82) is 0 Å². The van der Waals surface area contributed by atoms with Crippen molar-refractivity contribution < 1.29 is 13.2 Å². The van der Waals surface area contributed by atoms with Crippen molar-refractivity contribution in [1.82, 2.24) is 4.90 Å².